The molecule has 0 spiro atoms. The minimum Gasteiger partial charge on any atom is -0.292 e. The summed E-state index contributed by atoms with van der Waals surface area (Å²) in [6, 6.07) is 8.71. The van der Waals surface area contributed by atoms with Crippen LogP contribution >= 0.6 is 11.6 Å². The van der Waals surface area contributed by atoms with Gasteiger partial charge in [0, 0.05) is 18.3 Å². The third kappa shape index (κ3) is 2.41. The summed E-state index contributed by atoms with van der Waals surface area (Å²) in [6.07, 6.45) is 3.06. The van der Waals surface area contributed by atoms with Crippen molar-refractivity contribution < 1.29 is 4.79 Å². The van der Waals surface area contributed by atoms with Gasteiger partial charge in [-0.3, -0.25) is 9.48 Å². The molecular weight excluding hydrogens is 250 g/mol. The molecule has 1 aromatic heterocycles. The largest absolute Gasteiger partial charge is 0.292 e. The van der Waals surface area contributed by atoms with Crippen LogP contribution in [0, 0.1) is 11.3 Å². The van der Waals surface area contributed by atoms with Gasteiger partial charge in [0.2, 0.25) is 0 Å². The van der Waals surface area contributed by atoms with Crippen LogP contribution in [0.15, 0.2) is 36.7 Å². The second-order valence-corrected chi connectivity index (χ2v) is 4.32. The van der Waals surface area contributed by atoms with E-state index < -0.39 is 5.92 Å². The van der Waals surface area contributed by atoms with Crippen molar-refractivity contribution in [3.8, 4) is 6.07 Å². The van der Waals surface area contributed by atoms with E-state index in [0.29, 0.717) is 16.1 Å². The average molecular weight is 260 g/mol. The lowest BCUT2D eigenvalue weighted by molar-refractivity contribution is 0.0979. The SMILES string of the molecule is Cn1cc(C(=O)C(C#N)c2ccc(Cl)cc2)cn1. The summed E-state index contributed by atoms with van der Waals surface area (Å²) in [5, 5.41) is 13.7. The number of hydrogen-bond acceptors (Lipinski definition) is 3. The Morgan fingerprint density at radius 3 is 2.61 bits per heavy atom. The van der Waals surface area contributed by atoms with Crippen molar-refractivity contribution in [1.29, 1.82) is 5.26 Å². The molecule has 0 aliphatic carbocycles. The average Bonchev–Trinajstić information content (AvgIpc) is 2.79. The van der Waals surface area contributed by atoms with Gasteiger partial charge in [0.05, 0.1) is 17.8 Å². The number of nitrogens with zero attached hydrogens (tertiary/aromatic N) is 3. The van der Waals surface area contributed by atoms with Crippen LogP contribution in [0.25, 0.3) is 0 Å². The normalized spacial score (nSPS) is 11.8. The Kier molecular flexibility index (Phi) is 3.45. The highest BCUT2D eigenvalue weighted by atomic mass is 35.5. The number of aromatic nitrogens is 2. The minimum atomic E-state index is -0.827. The number of aryl methyl sites for hydroxylation is 1. The molecule has 1 atom stereocenters. The number of ketones is 1. The van der Waals surface area contributed by atoms with E-state index in [-0.39, 0.29) is 5.78 Å². The van der Waals surface area contributed by atoms with Crippen molar-refractivity contribution in [2.45, 2.75) is 5.92 Å². The molecule has 1 aromatic carbocycles. The highest BCUT2D eigenvalue weighted by Gasteiger charge is 2.22. The molecule has 4 nitrogen and oxygen atoms in total. The number of carbonyl (C=O) groups is 1. The summed E-state index contributed by atoms with van der Waals surface area (Å²) in [4.78, 5) is 12.2. The molecule has 5 heteroatoms. The van der Waals surface area contributed by atoms with Crippen molar-refractivity contribution in [2.24, 2.45) is 7.05 Å². The molecule has 0 N–H and O–H groups in total. The van der Waals surface area contributed by atoms with Crippen LogP contribution in [0.4, 0.5) is 0 Å². The van der Waals surface area contributed by atoms with Crippen LogP contribution < -0.4 is 0 Å². The molecule has 2 rings (SSSR count). The molecule has 2 aromatic rings. The molecule has 0 bridgehead atoms. The number of rotatable bonds is 3. The molecule has 0 fully saturated rings. The second-order valence-electron chi connectivity index (χ2n) is 3.88. The summed E-state index contributed by atoms with van der Waals surface area (Å²) in [7, 11) is 1.72. The van der Waals surface area contributed by atoms with Crippen molar-refractivity contribution in [1.82, 2.24) is 9.78 Å². The maximum atomic E-state index is 12.2. The zero-order chi connectivity index (χ0) is 13.1. The quantitative estimate of drug-likeness (QED) is 0.796. The lowest BCUT2D eigenvalue weighted by Gasteiger charge is -2.06. The van der Waals surface area contributed by atoms with Crippen molar-refractivity contribution in [3.05, 3.63) is 52.8 Å². The third-order valence-electron chi connectivity index (χ3n) is 2.58. The summed E-state index contributed by atoms with van der Waals surface area (Å²) >= 11 is 5.78. The van der Waals surface area contributed by atoms with E-state index >= 15 is 0 Å². The molecule has 18 heavy (non-hydrogen) atoms. The number of halogens is 1. The molecule has 1 heterocycles. The van der Waals surface area contributed by atoms with E-state index in [1.807, 2.05) is 6.07 Å². The smallest absolute Gasteiger partial charge is 0.187 e. The predicted molar refractivity (Wildman–Crippen MR) is 67.3 cm³/mol. The van der Waals surface area contributed by atoms with E-state index in [2.05, 4.69) is 5.10 Å². The zero-order valence-electron chi connectivity index (χ0n) is 9.67. The topological polar surface area (TPSA) is 58.7 Å². The zero-order valence-corrected chi connectivity index (χ0v) is 10.4. The van der Waals surface area contributed by atoms with Gasteiger partial charge in [-0.25, -0.2) is 0 Å². The second kappa shape index (κ2) is 5.03. The van der Waals surface area contributed by atoms with Gasteiger partial charge in [-0.1, -0.05) is 23.7 Å². The fourth-order valence-corrected chi connectivity index (χ4v) is 1.78. The van der Waals surface area contributed by atoms with Crippen LogP contribution in [-0.4, -0.2) is 15.6 Å². The van der Waals surface area contributed by atoms with Crippen molar-refractivity contribution >= 4 is 17.4 Å². The van der Waals surface area contributed by atoms with Gasteiger partial charge in [0.15, 0.2) is 5.78 Å². The van der Waals surface area contributed by atoms with Gasteiger partial charge in [-0.05, 0) is 17.7 Å². The molecule has 1 unspecified atom stereocenters. The molecule has 0 amide bonds. The summed E-state index contributed by atoms with van der Waals surface area (Å²) in [5.41, 5.74) is 1.06. The minimum absolute atomic E-state index is 0.257. The molecular formula is C13H10ClN3O. The lowest BCUT2D eigenvalue weighted by Crippen LogP contribution is -2.10. The molecule has 0 saturated heterocycles. The Morgan fingerprint density at radius 1 is 1.44 bits per heavy atom. The summed E-state index contributed by atoms with van der Waals surface area (Å²) in [6.45, 7) is 0. The first-order valence-electron chi connectivity index (χ1n) is 5.30. The number of carbonyl (C=O) groups excluding carboxylic acids is 1. The van der Waals surface area contributed by atoms with Gasteiger partial charge in [0.25, 0.3) is 0 Å². The Morgan fingerprint density at radius 2 is 2.11 bits per heavy atom. The predicted octanol–water partition coefficient (Wildman–Crippen LogP) is 2.56. The molecule has 0 saturated carbocycles. The fraction of sp³-hybridized carbons (Fsp3) is 0.154. The van der Waals surface area contributed by atoms with E-state index in [1.54, 1.807) is 37.5 Å². The highest BCUT2D eigenvalue weighted by Crippen LogP contribution is 2.21. The monoisotopic (exact) mass is 259 g/mol. The van der Waals surface area contributed by atoms with Gasteiger partial charge < -0.3 is 0 Å². The Labute approximate surface area is 109 Å². The maximum Gasteiger partial charge on any atom is 0.187 e. The van der Waals surface area contributed by atoms with Crippen LogP contribution in [0.3, 0.4) is 0 Å². The number of nitriles is 1. The van der Waals surface area contributed by atoms with Crippen LogP contribution in [0.5, 0.6) is 0 Å². The molecule has 90 valence electrons. The lowest BCUT2D eigenvalue weighted by atomic mass is 9.93. The van der Waals surface area contributed by atoms with E-state index in [9.17, 15) is 4.79 Å². The van der Waals surface area contributed by atoms with Crippen LogP contribution in [0.1, 0.15) is 21.8 Å². The van der Waals surface area contributed by atoms with E-state index in [0.717, 1.165) is 0 Å². The Bertz CT molecular complexity index is 610. The van der Waals surface area contributed by atoms with E-state index in [1.165, 1.54) is 10.9 Å². The van der Waals surface area contributed by atoms with Crippen LogP contribution in [-0.2, 0) is 7.05 Å². The van der Waals surface area contributed by atoms with Gasteiger partial charge in [-0.15, -0.1) is 0 Å². The highest BCUT2D eigenvalue weighted by molar-refractivity contribution is 6.30. The molecule has 0 aliphatic heterocycles. The van der Waals surface area contributed by atoms with Crippen molar-refractivity contribution in [3.63, 3.8) is 0 Å². The Balaban J connectivity index is 2.32. The van der Waals surface area contributed by atoms with Crippen LogP contribution in [0.2, 0.25) is 5.02 Å². The standard InChI is InChI=1S/C13H10ClN3O/c1-17-8-10(7-16-17)13(18)12(6-15)9-2-4-11(14)5-3-9/h2-5,7-8,12H,1H3. The maximum absolute atomic E-state index is 12.2. The van der Waals surface area contributed by atoms with Gasteiger partial charge in [-0.2, -0.15) is 10.4 Å². The third-order valence-corrected chi connectivity index (χ3v) is 2.84. The first kappa shape index (κ1) is 12.3. The van der Waals surface area contributed by atoms with Gasteiger partial charge in [0.1, 0.15) is 5.92 Å². The molecule has 0 radical (unpaired) electrons. The van der Waals surface area contributed by atoms with Crippen molar-refractivity contribution in [2.75, 3.05) is 0 Å². The first-order chi connectivity index (χ1) is 8.61. The number of benzene rings is 1. The summed E-state index contributed by atoms with van der Waals surface area (Å²) in [5.74, 6) is -1.08. The first-order valence-corrected chi connectivity index (χ1v) is 5.67. The van der Waals surface area contributed by atoms with E-state index in [4.69, 9.17) is 16.9 Å². The van der Waals surface area contributed by atoms with Gasteiger partial charge >= 0.3 is 0 Å². The summed E-state index contributed by atoms with van der Waals surface area (Å²) < 4.78 is 1.53. The Hall–Kier alpha value is -2.12. The number of Topliss-reactive ketones (excluding diaryl/α,β-unsaturated/α-hetero) is 1. The molecule has 0 aliphatic rings. The fourth-order valence-electron chi connectivity index (χ4n) is 1.65. The number of hydrogen-bond donors (Lipinski definition) is 0.